The fourth-order valence-corrected chi connectivity index (χ4v) is 2.42. The zero-order chi connectivity index (χ0) is 12.3. The second-order valence-electron chi connectivity index (χ2n) is 3.70. The third-order valence-corrected chi connectivity index (χ3v) is 3.77. The lowest BCUT2D eigenvalue weighted by Gasteiger charge is -2.08. The van der Waals surface area contributed by atoms with Crippen LogP contribution in [0.2, 0.25) is 0 Å². The van der Waals surface area contributed by atoms with E-state index in [2.05, 4.69) is 4.98 Å². The number of hydrogen-bond donors (Lipinski definition) is 1. The fourth-order valence-electron chi connectivity index (χ4n) is 1.57. The second-order valence-corrected chi connectivity index (χ2v) is 4.92. The molecule has 2 rings (SSSR count). The van der Waals surface area contributed by atoms with Crippen LogP contribution in [0.1, 0.15) is 13.3 Å². The number of fused-ring (bicyclic) bond motifs is 1. The molecule has 0 fully saturated rings. The van der Waals surface area contributed by atoms with Crippen LogP contribution in [-0.4, -0.2) is 21.3 Å². The minimum Gasteiger partial charge on any atom is -0.480 e. The van der Waals surface area contributed by atoms with Gasteiger partial charge in [-0.1, -0.05) is 43.0 Å². The summed E-state index contributed by atoms with van der Waals surface area (Å²) in [7, 11) is 0. The number of carbonyl (C=O) groups is 1. The van der Waals surface area contributed by atoms with Crippen molar-refractivity contribution in [1.29, 1.82) is 0 Å². The van der Waals surface area contributed by atoms with Crippen LogP contribution in [0.15, 0.2) is 41.4 Å². The van der Waals surface area contributed by atoms with Gasteiger partial charge in [-0.15, -0.1) is 0 Å². The van der Waals surface area contributed by atoms with Gasteiger partial charge in [0, 0.05) is 5.39 Å². The molecule has 0 aliphatic rings. The van der Waals surface area contributed by atoms with Gasteiger partial charge in [-0.3, -0.25) is 4.79 Å². The molecule has 0 spiro atoms. The summed E-state index contributed by atoms with van der Waals surface area (Å²) in [5.74, 6) is -0.785. The first-order chi connectivity index (χ1) is 8.20. The number of pyridine rings is 1. The van der Waals surface area contributed by atoms with Crippen LogP contribution in [0.3, 0.4) is 0 Å². The molecular formula is C13H13NO2S. The monoisotopic (exact) mass is 247 g/mol. The molecule has 88 valence electrons. The number of para-hydroxylation sites is 1. The van der Waals surface area contributed by atoms with Crippen molar-refractivity contribution in [1.82, 2.24) is 4.98 Å². The number of hydrogen-bond acceptors (Lipinski definition) is 3. The number of aliphatic carboxylic acids is 1. The summed E-state index contributed by atoms with van der Waals surface area (Å²) in [4.78, 5) is 15.4. The molecule has 0 aliphatic carbocycles. The van der Waals surface area contributed by atoms with Gasteiger partial charge in [-0.2, -0.15) is 0 Å². The highest BCUT2D eigenvalue weighted by Crippen LogP contribution is 2.25. The Kier molecular flexibility index (Phi) is 3.64. The van der Waals surface area contributed by atoms with Crippen molar-refractivity contribution < 1.29 is 9.90 Å². The third kappa shape index (κ3) is 2.77. The van der Waals surface area contributed by atoms with Crippen molar-refractivity contribution in [3.8, 4) is 0 Å². The standard InChI is InChI=1S/C13H13NO2S/c1-2-11(13(15)16)17-12-8-7-9-5-3-4-6-10(9)14-12/h3-8,11H,2H2,1H3,(H,15,16)/t11-/m1/s1. The van der Waals surface area contributed by atoms with Crippen molar-refractivity contribution in [3.63, 3.8) is 0 Å². The van der Waals surface area contributed by atoms with Gasteiger partial charge >= 0.3 is 5.97 Å². The normalized spacial score (nSPS) is 12.5. The molecular weight excluding hydrogens is 234 g/mol. The third-order valence-electron chi connectivity index (χ3n) is 2.48. The van der Waals surface area contributed by atoms with Crippen molar-refractivity contribution >= 4 is 28.6 Å². The molecule has 2 aromatic rings. The van der Waals surface area contributed by atoms with E-state index in [0.717, 1.165) is 15.9 Å². The Bertz CT molecular complexity index is 542. The molecule has 1 atom stereocenters. The van der Waals surface area contributed by atoms with Crippen molar-refractivity contribution in [2.75, 3.05) is 0 Å². The predicted molar refractivity (Wildman–Crippen MR) is 69.3 cm³/mol. The molecule has 0 unspecified atom stereocenters. The maximum atomic E-state index is 10.9. The molecule has 1 heterocycles. The smallest absolute Gasteiger partial charge is 0.317 e. The Hall–Kier alpha value is -1.55. The molecule has 1 aromatic heterocycles. The predicted octanol–water partition coefficient (Wildman–Crippen LogP) is 3.19. The SMILES string of the molecule is CC[C@@H](Sc1ccc2ccccc2n1)C(=O)O. The number of aromatic nitrogens is 1. The number of carboxylic acid groups (broad SMARTS) is 1. The van der Waals surface area contributed by atoms with E-state index >= 15 is 0 Å². The summed E-state index contributed by atoms with van der Waals surface area (Å²) in [5.41, 5.74) is 0.901. The molecule has 1 aromatic carbocycles. The molecule has 17 heavy (non-hydrogen) atoms. The Balaban J connectivity index is 2.27. The average molecular weight is 247 g/mol. The lowest BCUT2D eigenvalue weighted by Crippen LogP contribution is -2.14. The van der Waals surface area contributed by atoms with E-state index in [1.54, 1.807) is 0 Å². The number of thioether (sulfide) groups is 1. The summed E-state index contributed by atoms with van der Waals surface area (Å²) in [6.45, 7) is 1.87. The van der Waals surface area contributed by atoms with Crippen LogP contribution in [0.4, 0.5) is 0 Å². The first-order valence-electron chi connectivity index (χ1n) is 5.46. The van der Waals surface area contributed by atoms with E-state index in [1.165, 1.54) is 11.8 Å². The Labute approximate surface area is 104 Å². The quantitative estimate of drug-likeness (QED) is 0.843. The zero-order valence-electron chi connectivity index (χ0n) is 9.46. The van der Waals surface area contributed by atoms with Gasteiger partial charge < -0.3 is 5.11 Å². The van der Waals surface area contributed by atoms with Gasteiger partial charge in [-0.25, -0.2) is 4.98 Å². The number of rotatable bonds is 4. The first kappa shape index (κ1) is 11.9. The lowest BCUT2D eigenvalue weighted by atomic mass is 10.2. The van der Waals surface area contributed by atoms with Gasteiger partial charge in [0.2, 0.25) is 0 Å². The van der Waals surface area contributed by atoms with E-state index in [9.17, 15) is 4.79 Å². The summed E-state index contributed by atoms with van der Waals surface area (Å²) in [6, 6.07) is 11.7. The molecule has 0 saturated carbocycles. The van der Waals surface area contributed by atoms with Crippen molar-refractivity contribution in [2.24, 2.45) is 0 Å². The van der Waals surface area contributed by atoms with Gasteiger partial charge in [0.15, 0.2) is 0 Å². The highest BCUT2D eigenvalue weighted by Gasteiger charge is 2.17. The number of benzene rings is 1. The van der Waals surface area contributed by atoms with Crippen LogP contribution in [0.25, 0.3) is 10.9 Å². The second kappa shape index (κ2) is 5.19. The van der Waals surface area contributed by atoms with Crippen LogP contribution in [0, 0.1) is 0 Å². The Morgan fingerprint density at radius 2 is 2.12 bits per heavy atom. The minimum atomic E-state index is -0.785. The largest absolute Gasteiger partial charge is 0.480 e. The maximum absolute atomic E-state index is 10.9. The van der Waals surface area contributed by atoms with E-state index in [4.69, 9.17) is 5.11 Å². The number of carboxylic acids is 1. The van der Waals surface area contributed by atoms with Gasteiger partial charge in [0.1, 0.15) is 5.25 Å². The summed E-state index contributed by atoms with van der Waals surface area (Å²) >= 11 is 1.30. The van der Waals surface area contributed by atoms with E-state index in [0.29, 0.717) is 6.42 Å². The van der Waals surface area contributed by atoms with E-state index < -0.39 is 11.2 Å². The fraction of sp³-hybridized carbons (Fsp3) is 0.231. The van der Waals surface area contributed by atoms with Gasteiger partial charge in [0.05, 0.1) is 10.5 Å². The maximum Gasteiger partial charge on any atom is 0.317 e. The Morgan fingerprint density at radius 3 is 2.82 bits per heavy atom. The van der Waals surface area contributed by atoms with Crippen LogP contribution < -0.4 is 0 Å². The minimum absolute atomic E-state index is 0.427. The Morgan fingerprint density at radius 1 is 1.35 bits per heavy atom. The van der Waals surface area contributed by atoms with Crippen LogP contribution in [0.5, 0.6) is 0 Å². The van der Waals surface area contributed by atoms with Crippen LogP contribution in [-0.2, 0) is 4.79 Å². The van der Waals surface area contributed by atoms with E-state index in [1.807, 2.05) is 43.3 Å². The van der Waals surface area contributed by atoms with Crippen LogP contribution >= 0.6 is 11.8 Å². The highest BCUT2D eigenvalue weighted by atomic mass is 32.2. The first-order valence-corrected chi connectivity index (χ1v) is 6.34. The van der Waals surface area contributed by atoms with Crippen molar-refractivity contribution in [3.05, 3.63) is 36.4 Å². The molecule has 3 nitrogen and oxygen atoms in total. The molecule has 0 saturated heterocycles. The zero-order valence-corrected chi connectivity index (χ0v) is 10.3. The molecule has 1 N–H and O–H groups in total. The molecule has 0 amide bonds. The number of nitrogens with zero attached hydrogens (tertiary/aromatic N) is 1. The highest BCUT2D eigenvalue weighted by molar-refractivity contribution is 8.00. The molecule has 0 radical (unpaired) electrons. The average Bonchev–Trinajstić information content (AvgIpc) is 2.35. The van der Waals surface area contributed by atoms with Crippen molar-refractivity contribution in [2.45, 2.75) is 23.6 Å². The van der Waals surface area contributed by atoms with Gasteiger partial charge in [-0.05, 0) is 18.6 Å². The lowest BCUT2D eigenvalue weighted by molar-refractivity contribution is -0.136. The van der Waals surface area contributed by atoms with Gasteiger partial charge in [0.25, 0.3) is 0 Å². The summed E-state index contributed by atoms with van der Waals surface area (Å²) < 4.78 is 0. The summed E-state index contributed by atoms with van der Waals surface area (Å²) in [6.07, 6.45) is 0.592. The molecule has 4 heteroatoms. The summed E-state index contributed by atoms with van der Waals surface area (Å²) in [5, 5.41) is 10.4. The molecule has 0 bridgehead atoms. The topological polar surface area (TPSA) is 50.2 Å². The molecule has 0 aliphatic heterocycles. The van der Waals surface area contributed by atoms with E-state index in [-0.39, 0.29) is 0 Å².